The van der Waals surface area contributed by atoms with Crippen LogP contribution in [-0.2, 0) is 6.42 Å². The summed E-state index contributed by atoms with van der Waals surface area (Å²) < 4.78 is 0. The molecule has 1 rings (SSSR count). The van der Waals surface area contributed by atoms with Crippen molar-refractivity contribution < 1.29 is 5.21 Å². The quantitative estimate of drug-likeness (QED) is 0.315. The van der Waals surface area contributed by atoms with E-state index < -0.39 is 0 Å². The van der Waals surface area contributed by atoms with E-state index >= 15 is 0 Å². The summed E-state index contributed by atoms with van der Waals surface area (Å²) in [5, 5.41) is 15.4. The molecule has 0 bridgehead atoms. The molecule has 0 fully saturated rings. The third kappa shape index (κ3) is 5.56. The molecule has 1 aromatic carbocycles. The maximum Gasteiger partial charge on any atom is 0.140 e. The number of benzene rings is 1. The van der Waals surface area contributed by atoms with Gasteiger partial charge in [-0.15, -0.1) is 0 Å². The predicted molar refractivity (Wildman–Crippen MR) is 70.6 cm³/mol. The van der Waals surface area contributed by atoms with Gasteiger partial charge in [0.05, 0.1) is 0 Å². The smallest absolute Gasteiger partial charge is 0.140 e. The van der Waals surface area contributed by atoms with Crippen LogP contribution in [0.4, 0.5) is 0 Å². The number of halogens is 1. The number of oxime groups is 1. The molecule has 0 heterocycles. The molecular weight excluding hydrogens is 238 g/mol. The van der Waals surface area contributed by atoms with Crippen LogP contribution in [0.25, 0.3) is 0 Å². The van der Waals surface area contributed by atoms with Gasteiger partial charge in [0.1, 0.15) is 5.84 Å². The van der Waals surface area contributed by atoms with Crippen molar-refractivity contribution in [1.29, 1.82) is 0 Å². The van der Waals surface area contributed by atoms with Crippen molar-refractivity contribution in [2.24, 2.45) is 10.9 Å². The fraction of sp³-hybridized carbons (Fsp3) is 0.417. The van der Waals surface area contributed by atoms with E-state index in [0.717, 1.165) is 18.0 Å². The minimum atomic E-state index is 0.193. The van der Waals surface area contributed by atoms with Crippen molar-refractivity contribution in [1.82, 2.24) is 5.32 Å². The van der Waals surface area contributed by atoms with Crippen molar-refractivity contribution in [3.63, 3.8) is 0 Å². The van der Waals surface area contributed by atoms with Crippen LogP contribution in [0.2, 0.25) is 5.02 Å². The number of nitrogens with two attached hydrogens (primary N) is 1. The Labute approximate surface area is 106 Å². The van der Waals surface area contributed by atoms with Crippen LogP contribution in [-0.4, -0.2) is 23.6 Å². The Morgan fingerprint density at radius 2 is 2.12 bits per heavy atom. The number of hydrogen-bond acceptors (Lipinski definition) is 3. The van der Waals surface area contributed by atoms with Gasteiger partial charge in [0, 0.05) is 17.5 Å². The van der Waals surface area contributed by atoms with Crippen molar-refractivity contribution >= 4 is 17.4 Å². The summed E-state index contributed by atoms with van der Waals surface area (Å²) in [7, 11) is 0. The highest BCUT2D eigenvalue weighted by atomic mass is 35.5. The van der Waals surface area contributed by atoms with Crippen molar-refractivity contribution in [2.75, 3.05) is 6.54 Å². The molecule has 0 aliphatic carbocycles. The molecule has 0 saturated heterocycles. The van der Waals surface area contributed by atoms with Gasteiger partial charge in [0.15, 0.2) is 0 Å². The average molecular weight is 256 g/mol. The first-order valence-electron chi connectivity index (χ1n) is 5.56. The first-order valence-corrected chi connectivity index (χ1v) is 5.94. The summed E-state index contributed by atoms with van der Waals surface area (Å²) in [5.41, 5.74) is 6.65. The molecule has 0 saturated carbocycles. The van der Waals surface area contributed by atoms with E-state index in [4.69, 9.17) is 22.5 Å². The van der Waals surface area contributed by atoms with E-state index in [1.54, 1.807) is 0 Å². The van der Waals surface area contributed by atoms with Crippen LogP contribution in [0.1, 0.15) is 18.9 Å². The van der Waals surface area contributed by atoms with Crippen LogP contribution in [0.15, 0.2) is 29.4 Å². The normalized spacial score (nSPS) is 13.6. The summed E-state index contributed by atoms with van der Waals surface area (Å²) in [5.74, 6) is 0.247. The van der Waals surface area contributed by atoms with E-state index in [2.05, 4.69) is 10.5 Å². The molecule has 0 amide bonds. The maximum atomic E-state index is 8.44. The van der Waals surface area contributed by atoms with Gasteiger partial charge in [0.25, 0.3) is 0 Å². The molecule has 0 spiro atoms. The zero-order chi connectivity index (χ0) is 12.7. The zero-order valence-corrected chi connectivity index (χ0v) is 10.6. The lowest BCUT2D eigenvalue weighted by Gasteiger charge is -2.12. The Balaban J connectivity index is 2.25. The predicted octanol–water partition coefficient (Wildman–Crippen LogP) is 2.00. The lowest BCUT2D eigenvalue weighted by Crippen LogP contribution is -2.32. The number of nitrogens with zero attached hydrogens (tertiary/aromatic N) is 1. The van der Waals surface area contributed by atoms with E-state index in [0.29, 0.717) is 6.42 Å². The van der Waals surface area contributed by atoms with E-state index in [1.165, 1.54) is 5.56 Å². The van der Waals surface area contributed by atoms with Crippen molar-refractivity contribution in [2.45, 2.75) is 25.8 Å². The summed E-state index contributed by atoms with van der Waals surface area (Å²) >= 11 is 5.80. The summed E-state index contributed by atoms with van der Waals surface area (Å²) in [6.45, 7) is 2.85. The topological polar surface area (TPSA) is 70.6 Å². The fourth-order valence-electron chi connectivity index (χ4n) is 1.54. The third-order valence-electron chi connectivity index (χ3n) is 2.46. The van der Waals surface area contributed by atoms with Gasteiger partial charge >= 0.3 is 0 Å². The van der Waals surface area contributed by atoms with Crippen LogP contribution in [0.5, 0.6) is 0 Å². The van der Waals surface area contributed by atoms with E-state index in [1.807, 2.05) is 31.2 Å². The second-order valence-electron chi connectivity index (χ2n) is 4.03. The molecule has 1 unspecified atom stereocenters. The van der Waals surface area contributed by atoms with Gasteiger partial charge in [0.2, 0.25) is 0 Å². The molecule has 1 aromatic rings. The molecule has 1 atom stereocenters. The Bertz CT molecular complexity index is 365. The summed E-state index contributed by atoms with van der Waals surface area (Å²) in [6, 6.07) is 7.99. The van der Waals surface area contributed by atoms with E-state index in [-0.39, 0.29) is 11.9 Å². The number of rotatable bonds is 6. The molecule has 4 nitrogen and oxygen atoms in total. The lowest BCUT2D eigenvalue weighted by molar-refractivity contribution is 0.316. The standard InChI is InChI=1S/C12H18ClN3O/c1-9(8-12(14)16-17)15-7-6-10-2-4-11(13)5-3-10/h2-5,9,15,17H,6-8H2,1H3,(H2,14,16). The summed E-state index contributed by atoms with van der Waals surface area (Å²) in [6.07, 6.45) is 1.47. The maximum absolute atomic E-state index is 8.44. The molecule has 17 heavy (non-hydrogen) atoms. The molecule has 0 radical (unpaired) electrons. The monoisotopic (exact) mass is 255 g/mol. The highest BCUT2D eigenvalue weighted by Crippen LogP contribution is 2.09. The fourth-order valence-corrected chi connectivity index (χ4v) is 1.67. The first kappa shape index (κ1) is 13.8. The van der Waals surface area contributed by atoms with Gasteiger partial charge in [-0.1, -0.05) is 28.9 Å². The Kier molecular flexibility index (Phi) is 5.80. The zero-order valence-electron chi connectivity index (χ0n) is 9.86. The highest BCUT2D eigenvalue weighted by Gasteiger charge is 2.03. The molecule has 4 N–H and O–H groups in total. The lowest BCUT2D eigenvalue weighted by atomic mass is 10.1. The third-order valence-corrected chi connectivity index (χ3v) is 2.72. The molecule has 5 heteroatoms. The van der Waals surface area contributed by atoms with Crippen LogP contribution in [0, 0.1) is 0 Å². The van der Waals surface area contributed by atoms with Gasteiger partial charge < -0.3 is 16.3 Å². The van der Waals surface area contributed by atoms with Gasteiger partial charge in [-0.3, -0.25) is 0 Å². The number of amidine groups is 1. The SMILES string of the molecule is CC(C/C(N)=N/O)NCCc1ccc(Cl)cc1. The number of nitrogens with one attached hydrogen (secondary N) is 1. The van der Waals surface area contributed by atoms with Crippen LogP contribution < -0.4 is 11.1 Å². The van der Waals surface area contributed by atoms with Gasteiger partial charge in [-0.25, -0.2) is 0 Å². The minimum absolute atomic E-state index is 0.193. The number of hydrogen-bond donors (Lipinski definition) is 3. The molecule has 94 valence electrons. The van der Waals surface area contributed by atoms with Crippen molar-refractivity contribution in [3.8, 4) is 0 Å². The van der Waals surface area contributed by atoms with Crippen molar-refractivity contribution in [3.05, 3.63) is 34.9 Å². The summed E-state index contributed by atoms with van der Waals surface area (Å²) in [4.78, 5) is 0. The van der Waals surface area contributed by atoms with Crippen LogP contribution in [0.3, 0.4) is 0 Å². The Hall–Kier alpha value is -1.26. The minimum Gasteiger partial charge on any atom is -0.409 e. The van der Waals surface area contributed by atoms with Crippen LogP contribution >= 0.6 is 11.6 Å². The highest BCUT2D eigenvalue weighted by molar-refractivity contribution is 6.30. The van der Waals surface area contributed by atoms with Gasteiger partial charge in [-0.2, -0.15) is 0 Å². The molecular formula is C12H18ClN3O. The second kappa shape index (κ2) is 7.14. The molecule has 0 aliphatic rings. The van der Waals surface area contributed by atoms with Gasteiger partial charge in [-0.05, 0) is 37.6 Å². The largest absolute Gasteiger partial charge is 0.409 e. The Morgan fingerprint density at radius 3 is 2.71 bits per heavy atom. The molecule has 0 aliphatic heterocycles. The first-order chi connectivity index (χ1) is 8.11. The Morgan fingerprint density at radius 1 is 1.47 bits per heavy atom. The van der Waals surface area contributed by atoms with E-state index in [9.17, 15) is 0 Å². The average Bonchev–Trinajstić information content (AvgIpc) is 2.31. The molecule has 0 aromatic heterocycles. The second-order valence-corrected chi connectivity index (χ2v) is 4.46.